The Balaban J connectivity index is 2.12. The molecule has 0 aliphatic rings. The van der Waals surface area contributed by atoms with Gasteiger partial charge in [0.25, 0.3) is 5.69 Å². The summed E-state index contributed by atoms with van der Waals surface area (Å²) in [6, 6.07) is 8.71. The van der Waals surface area contributed by atoms with Crippen LogP contribution in [-0.4, -0.2) is 17.0 Å². The van der Waals surface area contributed by atoms with E-state index in [4.69, 9.17) is 4.74 Å². The summed E-state index contributed by atoms with van der Waals surface area (Å²) in [4.78, 5) is 14.7. The Bertz CT molecular complexity index is 612. The molecule has 6 heteroatoms. The van der Waals surface area contributed by atoms with E-state index in [1.165, 1.54) is 0 Å². The summed E-state index contributed by atoms with van der Waals surface area (Å²) in [6.07, 6.45) is 1.67. The normalized spacial score (nSPS) is 10.1. The minimum Gasteiger partial charge on any atom is -0.481 e. The molecule has 1 aromatic heterocycles. The van der Waals surface area contributed by atoms with Crippen LogP contribution in [-0.2, 0) is 6.54 Å². The molecule has 0 aliphatic heterocycles. The molecule has 0 saturated heterocycles. The maximum absolute atomic E-state index is 11.0. The highest BCUT2D eigenvalue weighted by Crippen LogP contribution is 2.25. The lowest BCUT2D eigenvalue weighted by atomic mass is 10.2. The molecule has 1 heterocycles. The Morgan fingerprint density at radius 3 is 2.75 bits per heavy atom. The number of pyridine rings is 1. The van der Waals surface area contributed by atoms with Crippen molar-refractivity contribution in [3.63, 3.8) is 0 Å². The van der Waals surface area contributed by atoms with Crippen molar-refractivity contribution in [1.29, 1.82) is 0 Å². The maximum Gasteiger partial charge on any atom is 0.292 e. The molecule has 1 aromatic carbocycles. The second-order valence-corrected chi connectivity index (χ2v) is 4.34. The fraction of sp³-hybridized carbons (Fsp3) is 0.214. The number of nitrogens with zero attached hydrogens (tertiary/aromatic N) is 2. The average molecular weight is 273 g/mol. The third-order valence-electron chi connectivity index (χ3n) is 2.84. The molecular weight excluding hydrogens is 258 g/mol. The van der Waals surface area contributed by atoms with Crippen LogP contribution in [0.25, 0.3) is 0 Å². The van der Waals surface area contributed by atoms with Gasteiger partial charge in [-0.2, -0.15) is 0 Å². The molecule has 0 atom stereocenters. The van der Waals surface area contributed by atoms with E-state index in [1.54, 1.807) is 31.5 Å². The van der Waals surface area contributed by atoms with E-state index in [0.29, 0.717) is 18.1 Å². The molecule has 0 radical (unpaired) electrons. The zero-order valence-corrected chi connectivity index (χ0v) is 11.3. The summed E-state index contributed by atoms with van der Waals surface area (Å²) in [7, 11) is 1.55. The first-order valence-corrected chi connectivity index (χ1v) is 6.08. The Morgan fingerprint density at radius 2 is 2.15 bits per heavy atom. The molecule has 0 bridgehead atoms. The number of nitrogens with one attached hydrogen (secondary N) is 1. The predicted molar refractivity (Wildman–Crippen MR) is 75.9 cm³/mol. The highest BCUT2D eigenvalue weighted by atomic mass is 16.6. The molecule has 2 rings (SSSR count). The number of nitro benzene ring substituents is 1. The Hall–Kier alpha value is -2.63. The van der Waals surface area contributed by atoms with Crippen molar-refractivity contribution in [2.24, 2.45) is 0 Å². The van der Waals surface area contributed by atoms with Crippen molar-refractivity contribution in [2.75, 3.05) is 12.4 Å². The number of aryl methyl sites for hydroxylation is 1. The number of hydrogen-bond donors (Lipinski definition) is 1. The Labute approximate surface area is 116 Å². The van der Waals surface area contributed by atoms with E-state index in [9.17, 15) is 10.1 Å². The van der Waals surface area contributed by atoms with Crippen LogP contribution in [0.5, 0.6) is 5.88 Å². The number of methoxy groups -OCH3 is 1. The first-order valence-electron chi connectivity index (χ1n) is 6.08. The number of hydrogen-bond acceptors (Lipinski definition) is 5. The fourth-order valence-corrected chi connectivity index (χ4v) is 1.78. The molecule has 6 nitrogen and oxygen atoms in total. The molecule has 0 fully saturated rings. The third-order valence-corrected chi connectivity index (χ3v) is 2.84. The highest BCUT2D eigenvalue weighted by molar-refractivity contribution is 5.62. The van der Waals surface area contributed by atoms with Crippen molar-refractivity contribution >= 4 is 11.4 Å². The molecule has 0 amide bonds. The number of anilines is 1. The van der Waals surface area contributed by atoms with E-state index in [-0.39, 0.29) is 10.6 Å². The van der Waals surface area contributed by atoms with Gasteiger partial charge in [-0.25, -0.2) is 4.98 Å². The van der Waals surface area contributed by atoms with Gasteiger partial charge in [0.15, 0.2) is 0 Å². The van der Waals surface area contributed by atoms with Crippen molar-refractivity contribution in [2.45, 2.75) is 13.5 Å². The molecule has 1 N–H and O–H groups in total. The molecule has 0 aliphatic carbocycles. The first kappa shape index (κ1) is 13.8. The Kier molecular flexibility index (Phi) is 4.14. The van der Waals surface area contributed by atoms with Gasteiger partial charge in [0.05, 0.1) is 12.0 Å². The van der Waals surface area contributed by atoms with Crippen LogP contribution in [0.3, 0.4) is 0 Å². The SMILES string of the molecule is COc1ccc(CNc2ccc(C)cc2[N+](=O)[O-])cn1. The molecule has 20 heavy (non-hydrogen) atoms. The summed E-state index contributed by atoms with van der Waals surface area (Å²) in [5, 5.41) is 14.1. The summed E-state index contributed by atoms with van der Waals surface area (Å²) in [6.45, 7) is 2.28. The van der Waals surface area contributed by atoms with Crippen LogP contribution in [0.15, 0.2) is 36.5 Å². The smallest absolute Gasteiger partial charge is 0.292 e. The molecule has 0 spiro atoms. The fourth-order valence-electron chi connectivity index (χ4n) is 1.78. The molecule has 104 valence electrons. The van der Waals surface area contributed by atoms with Gasteiger partial charge in [-0.1, -0.05) is 12.1 Å². The van der Waals surface area contributed by atoms with Gasteiger partial charge in [0.1, 0.15) is 5.69 Å². The quantitative estimate of drug-likeness (QED) is 0.669. The minimum atomic E-state index is -0.387. The van der Waals surface area contributed by atoms with Crippen molar-refractivity contribution in [3.05, 3.63) is 57.8 Å². The van der Waals surface area contributed by atoms with Gasteiger partial charge in [0, 0.05) is 24.9 Å². The lowest BCUT2D eigenvalue weighted by Gasteiger charge is -2.08. The predicted octanol–water partition coefficient (Wildman–Crippen LogP) is 2.92. The van der Waals surface area contributed by atoms with E-state index >= 15 is 0 Å². The van der Waals surface area contributed by atoms with E-state index in [1.807, 2.05) is 19.1 Å². The van der Waals surface area contributed by atoms with Gasteiger partial charge in [-0.3, -0.25) is 10.1 Å². The summed E-state index contributed by atoms with van der Waals surface area (Å²) in [5.74, 6) is 0.537. The third kappa shape index (κ3) is 3.23. The topological polar surface area (TPSA) is 77.3 Å². The average Bonchev–Trinajstić information content (AvgIpc) is 2.46. The Morgan fingerprint density at radius 1 is 1.35 bits per heavy atom. The monoisotopic (exact) mass is 273 g/mol. The van der Waals surface area contributed by atoms with Crippen LogP contribution in [0.4, 0.5) is 11.4 Å². The zero-order valence-electron chi connectivity index (χ0n) is 11.3. The van der Waals surface area contributed by atoms with Crippen LogP contribution in [0.1, 0.15) is 11.1 Å². The van der Waals surface area contributed by atoms with Crippen LogP contribution < -0.4 is 10.1 Å². The molecular formula is C14H15N3O3. The van der Waals surface area contributed by atoms with Crippen molar-refractivity contribution < 1.29 is 9.66 Å². The molecule has 2 aromatic rings. The standard InChI is InChI=1S/C14H15N3O3/c1-10-3-5-12(13(7-10)17(18)19)15-8-11-4-6-14(20-2)16-9-11/h3-7,9,15H,8H2,1-2H3. The van der Waals surface area contributed by atoms with Gasteiger partial charge >= 0.3 is 0 Å². The van der Waals surface area contributed by atoms with E-state index < -0.39 is 0 Å². The highest BCUT2D eigenvalue weighted by Gasteiger charge is 2.13. The lowest BCUT2D eigenvalue weighted by molar-refractivity contribution is -0.384. The van der Waals surface area contributed by atoms with E-state index in [0.717, 1.165) is 11.1 Å². The second kappa shape index (κ2) is 6.01. The first-order chi connectivity index (χ1) is 9.60. The van der Waals surface area contributed by atoms with Gasteiger partial charge in [0.2, 0.25) is 5.88 Å². The number of ether oxygens (including phenoxy) is 1. The van der Waals surface area contributed by atoms with Gasteiger partial charge < -0.3 is 10.1 Å². The lowest BCUT2D eigenvalue weighted by Crippen LogP contribution is -2.03. The number of nitro groups is 1. The van der Waals surface area contributed by atoms with Gasteiger partial charge in [-0.05, 0) is 24.1 Å². The molecule has 0 saturated carbocycles. The second-order valence-electron chi connectivity index (χ2n) is 4.34. The largest absolute Gasteiger partial charge is 0.481 e. The number of benzene rings is 1. The van der Waals surface area contributed by atoms with Crippen LogP contribution in [0.2, 0.25) is 0 Å². The summed E-state index contributed by atoms with van der Waals surface area (Å²) in [5.41, 5.74) is 2.34. The van der Waals surface area contributed by atoms with Crippen LogP contribution in [0, 0.1) is 17.0 Å². The maximum atomic E-state index is 11.0. The van der Waals surface area contributed by atoms with Crippen molar-refractivity contribution in [3.8, 4) is 5.88 Å². The van der Waals surface area contributed by atoms with E-state index in [2.05, 4.69) is 10.3 Å². The van der Waals surface area contributed by atoms with Gasteiger partial charge in [-0.15, -0.1) is 0 Å². The summed E-state index contributed by atoms with van der Waals surface area (Å²) < 4.78 is 4.97. The van der Waals surface area contributed by atoms with Crippen LogP contribution >= 0.6 is 0 Å². The summed E-state index contributed by atoms with van der Waals surface area (Å²) >= 11 is 0. The number of rotatable bonds is 5. The number of aromatic nitrogens is 1. The zero-order chi connectivity index (χ0) is 14.5. The molecule has 0 unspecified atom stereocenters. The minimum absolute atomic E-state index is 0.0754. The van der Waals surface area contributed by atoms with Crippen molar-refractivity contribution in [1.82, 2.24) is 4.98 Å².